The average molecular weight is 325 g/mol. The monoisotopic (exact) mass is 325 g/mol. The number of carbonyl (C=O) groups excluding carboxylic acids is 1. The van der Waals surface area contributed by atoms with Gasteiger partial charge in [-0.05, 0) is 6.92 Å². The number of benzene rings is 2. The fourth-order valence-corrected chi connectivity index (χ4v) is 2.76. The highest BCUT2D eigenvalue weighted by atomic mass is 16.6. The second-order valence-electron chi connectivity index (χ2n) is 5.38. The summed E-state index contributed by atoms with van der Waals surface area (Å²) in [6.45, 7) is 1.98. The van der Waals surface area contributed by atoms with Crippen LogP contribution in [0.25, 0.3) is 0 Å². The zero-order chi connectivity index (χ0) is 16.9. The van der Waals surface area contributed by atoms with E-state index in [1.165, 1.54) is 0 Å². The van der Waals surface area contributed by atoms with E-state index in [9.17, 15) is 10.0 Å². The van der Waals surface area contributed by atoms with Crippen LogP contribution in [0.4, 0.5) is 4.79 Å². The largest absolute Gasteiger partial charge is 0.631 e. The van der Waals surface area contributed by atoms with E-state index < -0.39 is 12.3 Å². The summed E-state index contributed by atoms with van der Waals surface area (Å²) in [7, 11) is 0. The molecule has 0 bridgehead atoms. The molecule has 1 aliphatic heterocycles. The van der Waals surface area contributed by atoms with Gasteiger partial charge in [0.1, 0.15) is 0 Å². The highest BCUT2D eigenvalue weighted by Crippen LogP contribution is 2.21. The number of nitrogens with one attached hydrogen (secondary N) is 2. The van der Waals surface area contributed by atoms with Gasteiger partial charge >= 0.3 is 6.09 Å². The third kappa shape index (κ3) is 3.29. The number of carbonyl (C=O) groups is 1. The summed E-state index contributed by atoms with van der Waals surface area (Å²) in [4.78, 5) is 16.3. The Hall–Kier alpha value is -2.70. The standard InChI is InChI=1S/C18H19N3O3/c1-2-24-18(22)20-17-15-11-7-6-10-14(15)16(19-12-21(17)23)13-8-4-3-5-9-13/h3-11,17,21H,2,12H2,1H3,(H,20,22). The molecule has 2 N–H and O–H groups in total. The average Bonchev–Trinajstić information content (AvgIpc) is 2.74. The molecule has 2 unspecified atom stereocenters. The number of fused-ring (bicyclic) bond motifs is 1. The predicted molar refractivity (Wildman–Crippen MR) is 90.6 cm³/mol. The van der Waals surface area contributed by atoms with Crippen molar-refractivity contribution in [3.05, 3.63) is 76.5 Å². The molecule has 6 heteroatoms. The van der Waals surface area contributed by atoms with Crippen LogP contribution in [0.1, 0.15) is 29.8 Å². The van der Waals surface area contributed by atoms with Crippen molar-refractivity contribution in [2.45, 2.75) is 13.1 Å². The van der Waals surface area contributed by atoms with E-state index >= 15 is 0 Å². The fraction of sp³-hybridized carbons (Fsp3) is 0.222. The van der Waals surface area contributed by atoms with Gasteiger partial charge in [0.05, 0.1) is 12.3 Å². The Morgan fingerprint density at radius 3 is 2.71 bits per heavy atom. The van der Waals surface area contributed by atoms with Crippen LogP contribution in [-0.4, -0.2) is 25.1 Å². The highest BCUT2D eigenvalue weighted by Gasteiger charge is 2.28. The molecular formula is C18H19N3O3. The minimum Gasteiger partial charge on any atom is -0.631 e. The van der Waals surface area contributed by atoms with E-state index in [2.05, 4.69) is 10.3 Å². The highest BCUT2D eigenvalue weighted by molar-refractivity contribution is 6.13. The van der Waals surface area contributed by atoms with Gasteiger partial charge in [0.25, 0.3) is 0 Å². The summed E-state index contributed by atoms with van der Waals surface area (Å²) in [6, 6.07) is 17.2. The summed E-state index contributed by atoms with van der Waals surface area (Å²) in [5.41, 5.74) is 3.27. The van der Waals surface area contributed by atoms with Gasteiger partial charge in [-0.15, -0.1) is 0 Å². The number of nitrogens with zero attached hydrogens (tertiary/aromatic N) is 1. The van der Waals surface area contributed by atoms with Crippen molar-refractivity contribution in [2.24, 2.45) is 4.99 Å². The Bertz CT molecular complexity index is 746. The Morgan fingerprint density at radius 2 is 1.96 bits per heavy atom. The minimum absolute atomic E-state index is 0.00990. The number of aliphatic imine (C=N–C) groups is 1. The van der Waals surface area contributed by atoms with Gasteiger partial charge in [-0.1, -0.05) is 54.6 Å². The quantitative estimate of drug-likeness (QED) is 0.842. The van der Waals surface area contributed by atoms with E-state index in [1.807, 2.05) is 54.6 Å². The molecule has 0 saturated heterocycles. The van der Waals surface area contributed by atoms with Crippen LogP contribution in [-0.2, 0) is 4.74 Å². The van der Waals surface area contributed by atoms with Crippen LogP contribution in [0.3, 0.4) is 0 Å². The van der Waals surface area contributed by atoms with E-state index in [1.54, 1.807) is 6.92 Å². The molecule has 0 aromatic heterocycles. The summed E-state index contributed by atoms with van der Waals surface area (Å²) < 4.78 is 4.92. The fourth-order valence-electron chi connectivity index (χ4n) is 2.76. The smallest absolute Gasteiger partial charge is 0.411 e. The topological polar surface area (TPSA) is 78.2 Å². The van der Waals surface area contributed by atoms with Crippen molar-refractivity contribution in [3.8, 4) is 0 Å². The van der Waals surface area contributed by atoms with E-state index in [0.717, 1.165) is 22.4 Å². The Balaban J connectivity index is 2.02. The number of hydrogen-bond donors (Lipinski definition) is 2. The van der Waals surface area contributed by atoms with Gasteiger partial charge in [-0.3, -0.25) is 5.32 Å². The first-order chi connectivity index (χ1) is 11.7. The Kier molecular flexibility index (Phi) is 4.88. The first kappa shape index (κ1) is 16.2. The van der Waals surface area contributed by atoms with Crippen LogP contribution >= 0.6 is 0 Å². The lowest BCUT2D eigenvalue weighted by molar-refractivity contribution is -0.883. The maximum atomic E-state index is 12.5. The van der Waals surface area contributed by atoms with E-state index in [0.29, 0.717) is 0 Å². The number of hydroxylamine groups is 2. The molecule has 0 aliphatic carbocycles. The molecule has 24 heavy (non-hydrogen) atoms. The molecule has 1 amide bonds. The molecule has 3 rings (SSSR count). The molecule has 1 aliphatic rings. The van der Waals surface area contributed by atoms with Crippen molar-refractivity contribution in [1.82, 2.24) is 5.32 Å². The minimum atomic E-state index is -0.759. The number of rotatable bonds is 3. The van der Waals surface area contributed by atoms with Crippen molar-refractivity contribution in [1.29, 1.82) is 0 Å². The number of alkyl carbamates (subject to hydrolysis) is 1. The number of quaternary nitrogens is 1. The molecule has 2 aromatic carbocycles. The van der Waals surface area contributed by atoms with Crippen molar-refractivity contribution >= 4 is 11.8 Å². The third-order valence-electron chi connectivity index (χ3n) is 3.83. The molecule has 124 valence electrons. The van der Waals surface area contributed by atoms with Crippen LogP contribution in [0.15, 0.2) is 59.6 Å². The molecule has 0 saturated carbocycles. The summed E-state index contributed by atoms with van der Waals surface area (Å²) in [6.07, 6.45) is -1.36. The maximum Gasteiger partial charge on any atom is 0.411 e. The lowest BCUT2D eigenvalue weighted by atomic mass is 9.96. The third-order valence-corrected chi connectivity index (χ3v) is 3.83. The summed E-state index contributed by atoms with van der Waals surface area (Å²) in [5.74, 6) is 0. The summed E-state index contributed by atoms with van der Waals surface area (Å²) in [5, 5.41) is 15.0. The van der Waals surface area contributed by atoms with Crippen LogP contribution < -0.4 is 10.4 Å². The van der Waals surface area contributed by atoms with Crippen molar-refractivity contribution in [2.75, 3.05) is 13.3 Å². The normalized spacial score (nSPS) is 19.7. The van der Waals surface area contributed by atoms with Gasteiger partial charge in [-0.2, -0.15) is 0 Å². The number of hydrogen-bond acceptors (Lipinski definition) is 4. The molecule has 0 spiro atoms. The van der Waals surface area contributed by atoms with E-state index in [4.69, 9.17) is 4.74 Å². The first-order valence-electron chi connectivity index (χ1n) is 7.86. The molecule has 0 fully saturated rings. The summed E-state index contributed by atoms with van der Waals surface area (Å²) >= 11 is 0. The lowest BCUT2D eigenvalue weighted by Gasteiger charge is -2.29. The van der Waals surface area contributed by atoms with Gasteiger partial charge in [0.15, 0.2) is 12.8 Å². The van der Waals surface area contributed by atoms with Crippen molar-refractivity contribution < 1.29 is 14.6 Å². The molecule has 2 aromatic rings. The van der Waals surface area contributed by atoms with Crippen molar-refractivity contribution in [3.63, 3.8) is 0 Å². The molecule has 2 atom stereocenters. The molecule has 0 radical (unpaired) electrons. The lowest BCUT2D eigenvalue weighted by Crippen LogP contribution is -3.09. The van der Waals surface area contributed by atoms with Crippen LogP contribution in [0.5, 0.6) is 0 Å². The van der Waals surface area contributed by atoms with Crippen LogP contribution in [0, 0.1) is 5.21 Å². The number of ether oxygens (including phenoxy) is 1. The van der Waals surface area contributed by atoms with Gasteiger partial charge in [-0.25, -0.2) is 9.79 Å². The predicted octanol–water partition coefficient (Wildman–Crippen LogP) is 1.62. The molecule has 1 heterocycles. The Morgan fingerprint density at radius 1 is 1.25 bits per heavy atom. The number of amides is 1. The second-order valence-corrected chi connectivity index (χ2v) is 5.38. The van der Waals surface area contributed by atoms with Gasteiger partial charge < -0.3 is 15.0 Å². The first-order valence-corrected chi connectivity index (χ1v) is 7.86. The Labute approximate surface area is 140 Å². The SMILES string of the molecule is CCOC(=O)NC1c2ccccc2C(c2ccccc2)=NC[NH+]1[O-]. The van der Waals surface area contributed by atoms with E-state index in [-0.39, 0.29) is 18.3 Å². The zero-order valence-electron chi connectivity index (χ0n) is 13.4. The van der Waals surface area contributed by atoms with Crippen LogP contribution in [0.2, 0.25) is 0 Å². The molecule has 6 nitrogen and oxygen atoms in total. The van der Waals surface area contributed by atoms with Gasteiger partial charge in [0, 0.05) is 16.7 Å². The maximum absolute atomic E-state index is 12.5. The second kappa shape index (κ2) is 7.25. The zero-order valence-corrected chi connectivity index (χ0v) is 13.4. The molecular weight excluding hydrogens is 306 g/mol. The van der Waals surface area contributed by atoms with Gasteiger partial charge in [0.2, 0.25) is 0 Å².